The molecule has 3 heterocycles. The maximum absolute atomic E-state index is 12.5. The van der Waals surface area contributed by atoms with Crippen LogP contribution in [0.15, 0.2) is 10.6 Å². The number of carbonyl (C=O) groups excluding carboxylic acids is 1. The van der Waals surface area contributed by atoms with E-state index in [0.717, 1.165) is 70.3 Å². The van der Waals surface area contributed by atoms with Crippen LogP contribution in [-0.2, 0) is 11.3 Å². The Balaban J connectivity index is 1.26. The minimum Gasteiger partial charge on any atom is -0.444 e. The highest BCUT2D eigenvalue weighted by molar-refractivity contribution is 5.74. The van der Waals surface area contributed by atoms with Crippen molar-refractivity contribution in [1.82, 2.24) is 20.1 Å². The van der Waals surface area contributed by atoms with E-state index in [2.05, 4.69) is 22.1 Å². The van der Waals surface area contributed by atoms with Gasteiger partial charge in [0.25, 0.3) is 0 Å². The summed E-state index contributed by atoms with van der Waals surface area (Å²) >= 11 is 0. The van der Waals surface area contributed by atoms with Crippen LogP contribution in [-0.4, -0.2) is 65.7 Å². The molecule has 1 saturated carbocycles. The standard InChI is InChI=1S/C19H30N4O3/c1-2-19(23-9-11-25-12-10-23)5-7-22(8-6-19)18(24)21-14-16-13-20-17(26-16)15-3-4-15/h13,15H,2-12,14H2,1H3,(H,21,24). The van der Waals surface area contributed by atoms with Crippen LogP contribution >= 0.6 is 0 Å². The number of carbonyl (C=O) groups is 1. The fraction of sp³-hybridized carbons (Fsp3) is 0.789. The molecule has 7 nitrogen and oxygen atoms in total. The van der Waals surface area contributed by atoms with Gasteiger partial charge >= 0.3 is 6.03 Å². The van der Waals surface area contributed by atoms with Crippen molar-refractivity contribution in [3.05, 3.63) is 17.8 Å². The maximum Gasteiger partial charge on any atom is 0.317 e. The number of morpholine rings is 1. The number of piperidine rings is 1. The number of rotatable bonds is 5. The average molecular weight is 362 g/mol. The lowest BCUT2D eigenvalue weighted by atomic mass is 9.83. The zero-order valence-electron chi connectivity index (χ0n) is 15.7. The number of ether oxygens (including phenoxy) is 1. The van der Waals surface area contributed by atoms with E-state index in [1.807, 2.05) is 4.90 Å². The lowest BCUT2D eigenvalue weighted by Gasteiger charge is -2.49. The molecular formula is C19H30N4O3. The summed E-state index contributed by atoms with van der Waals surface area (Å²) in [5.41, 5.74) is 0.227. The monoisotopic (exact) mass is 362 g/mol. The Bertz CT molecular complexity index is 614. The molecule has 0 atom stereocenters. The van der Waals surface area contributed by atoms with E-state index in [-0.39, 0.29) is 11.6 Å². The van der Waals surface area contributed by atoms with Crippen LogP contribution in [0.1, 0.15) is 56.6 Å². The molecule has 0 aromatic carbocycles. The van der Waals surface area contributed by atoms with Crippen molar-refractivity contribution < 1.29 is 13.9 Å². The molecule has 1 aromatic heterocycles. The van der Waals surface area contributed by atoms with E-state index in [4.69, 9.17) is 9.15 Å². The van der Waals surface area contributed by atoms with E-state index in [9.17, 15) is 4.79 Å². The number of oxazole rings is 1. The van der Waals surface area contributed by atoms with Crippen LogP contribution in [0.2, 0.25) is 0 Å². The smallest absolute Gasteiger partial charge is 0.317 e. The number of nitrogens with zero attached hydrogens (tertiary/aromatic N) is 3. The summed E-state index contributed by atoms with van der Waals surface area (Å²) in [6.07, 6.45) is 7.27. The van der Waals surface area contributed by atoms with Gasteiger partial charge in [0, 0.05) is 37.6 Å². The summed E-state index contributed by atoms with van der Waals surface area (Å²) < 4.78 is 11.2. The zero-order valence-corrected chi connectivity index (χ0v) is 15.7. The van der Waals surface area contributed by atoms with Crippen molar-refractivity contribution in [2.24, 2.45) is 0 Å². The third-order valence-electron chi connectivity index (χ3n) is 6.23. The van der Waals surface area contributed by atoms with E-state index in [1.165, 1.54) is 12.8 Å². The van der Waals surface area contributed by atoms with Gasteiger partial charge in [-0.2, -0.15) is 0 Å². The Morgan fingerprint density at radius 3 is 2.65 bits per heavy atom. The molecule has 0 radical (unpaired) electrons. The second-order valence-corrected chi connectivity index (χ2v) is 7.76. The van der Waals surface area contributed by atoms with Crippen LogP contribution < -0.4 is 5.32 Å². The van der Waals surface area contributed by atoms with Crippen molar-refractivity contribution in [3.63, 3.8) is 0 Å². The minimum absolute atomic E-state index is 0.000975. The Morgan fingerprint density at radius 1 is 1.27 bits per heavy atom. The molecule has 1 aliphatic carbocycles. The molecule has 3 aliphatic rings. The highest BCUT2D eigenvalue weighted by Gasteiger charge is 2.39. The van der Waals surface area contributed by atoms with Gasteiger partial charge in [0.2, 0.25) is 0 Å². The molecule has 2 aliphatic heterocycles. The zero-order chi connectivity index (χ0) is 18.0. The van der Waals surface area contributed by atoms with E-state index in [1.54, 1.807) is 6.20 Å². The van der Waals surface area contributed by atoms with Gasteiger partial charge in [0.1, 0.15) is 5.76 Å². The van der Waals surface area contributed by atoms with Crippen LogP contribution in [0.5, 0.6) is 0 Å². The summed E-state index contributed by atoms with van der Waals surface area (Å²) in [6, 6.07) is 0.000975. The fourth-order valence-corrected chi connectivity index (χ4v) is 4.26. The molecule has 4 rings (SSSR count). The van der Waals surface area contributed by atoms with Crippen LogP contribution in [0.4, 0.5) is 4.79 Å². The highest BCUT2D eigenvalue weighted by atomic mass is 16.5. The van der Waals surface area contributed by atoms with Crippen LogP contribution in [0.25, 0.3) is 0 Å². The molecule has 1 aromatic rings. The van der Waals surface area contributed by atoms with Gasteiger partial charge in [0.15, 0.2) is 5.89 Å². The SMILES string of the molecule is CCC1(N2CCOCC2)CCN(C(=O)NCc2cnc(C3CC3)o2)CC1. The second-order valence-electron chi connectivity index (χ2n) is 7.76. The first-order valence-electron chi connectivity index (χ1n) is 10.0. The number of aromatic nitrogens is 1. The topological polar surface area (TPSA) is 70.8 Å². The number of hydrogen-bond donors (Lipinski definition) is 1. The van der Waals surface area contributed by atoms with E-state index in [0.29, 0.717) is 12.5 Å². The van der Waals surface area contributed by atoms with Crippen molar-refractivity contribution in [3.8, 4) is 0 Å². The molecule has 2 saturated heterocycles. The lowest BCUT2D eigenvalue weighted by Crippen LogP contribution is -2.59. The van der Waals surface area contributed by atoms with Gasteiger partial charge in [-0.15, -0.1) is 0 Å². The van der Waals surface area contributed by atoms with Crippen LogP contribution in [0, 0.1) is 0 Å². The highest BCUT2D eigenvalue weighted by Crippen LogP contribution is 2.39. The van der Waals surface area contributed by atoms with Gasteiger partial charge in [-0.3, -0.25) is 4.90 Å². The molecule has 144 valence electrons. The number of hydrogen-bond acceptors (Lipinski definition) is 5. The Labute approximate surface area is 155 Å². The first-order valence-corrected chi connectivity index (χ1v) is 10.0. The number of amides is 2. The van der Waals surface area contributed by atoms with Gasteiger partial charge in [0.05, 0.1) is 26.0 Å². The molecule has 0 spiro atoms. The first kappa shape index (κ1) is 17.8. The predicted molar refractivity (Wildman–Crippen MR) is 96.9 cm³/mol. The third-order valence-corrected chi connectivity index (χ3v) is 6.23. The summed E-state index contributed by atoms with van der Waals surface area (Å²) in [5.74, 6) is 2.07. The van der Waals surface area contributed by atoms with Crippen molar-refractivity contribution in [2.75, 3.05) is 39.4 Å². The second kappa shape index (κ2) is 7.56. The number of likely N-dealkylation sites (tertiary alicyclic amines) is 1. The third kappa shape index (κ3) is 3.74. The summed E-state index contributed by atoms with van der Waals surface area (Å²) in [5, 5.41) is 2.99. The Morgan fingerprint density at radius 2 is 2.00 bits per heavy atom. The van der Waals surface area contributed by atoms with Gasteiger partial charge < -0.3 is 19.4 Å². The maximum atomic E-state index is 12.5. The van der Waals surface area contributed by atoms with Crippen molar-refractivity contribution in [1.29, 1.82) is 0 Å². The summed E-state index contributed by atoms with van der Waals surface area (Å²) in [4.78, 5) is 21.3. The summed E-state index contributed by atoms with van der Waals surface area (Å²) in [7, 11) is 0. The molecule has 1 N–H and O–H groups in total. The molecule has 26 heavy (non-hydrogen) atoms. The molecule has 3 fully saturated rings. The lowest BCUT2D eigenvalue weighted by molar-refractivity contribution is -0.0453. The van der Waals surface area contributed by atoms with Gasteiger partial charge in [-0.25, -0.2) is 9.78 Å². The summed E-state index contributed by atoms with van der Waals surface area (Å²) in [6.45, 7) is 7.97. The van der Waals surface area contributed by atoms with Gasteiger partial charge in [-0.1, -0.05) is 6.92 Å². The molecule has 0 bridgehead atoms. The van der Waals surface area contributed by atoms with E-state index < -0.39 is 0 Å². The van der Waals surface area contributed by atoms with Crippen molar-refractivity contribution in [2.45, 2.75) is 57.0 Å². The van der Waals surface area contributed by atoms with E-state index >= 15 is 0 Å². The Kier molecular flexibility index (Phi) is 5.18. The van der Waals surface area contributed by atoms with Crippen LogP contribution in [0.3, 0.4) is 0 Å². The van der Waals surface area contributed by atoms with Crippen molar-refractivity contribution >= 4 is 6.03 Å². The number of urea groups is 1. The fourth-order valence-electron chi connectivity index (χ4n) is 4.26. The molecule has 7 heteroatoms. The predicted octanol–water partition coefficient (Wildman–Crippen LogP) is 2.34. The average Bonchev–Trinajstić information content (AvgIpc) is 3.45. The quantitative estimate of drug-likeness (QED) is 0.871. The number of nitrogens with one attached hydrogen (secondary N) is 1. The normalized spacial score (nSPS) is 23.8. The Hall–Kier alpha value is -1.60. The van der Waals surface area contributed by atoms with Gasteiger partial charge in [-0.05, 0) is 32.1 Å². The molecule has 2 amide bonds. The minimum atomic E-state index is 0.000975. The molecule has 0 unspecified atom stereocenters. The first-order chi connectivity index (χ1) is 12.7. The molecular weight excluding hydrogens is 332 g/mol. The largest absolute Gasteiger partial charge is 0.444 e.